The number of hydrogen-bond acceptors (Lipinski definition) is 5. The lowest BCUT2D eigenvalue weighted by atomic mass is 9.97. The first-order chi connectivity index (χ1) is 15.2. The van der Waals surface area contributed by atoms with Crippen LogP contribution in [0.25, 0.3) is 45.2 Å². The zero-order chi connectivity index (χ0) is 20.9. The van der Waals surface area contributed by atoms with Gasteiger partial charge in [0.1, 0.15) is 23.4 Å². The lowest BCUT2D eigenvalue weighted by Gasteiger charge is -2.12. The summed E-state index contributed by atoms with van der Waals surface area (Å²) in [7, 11) is 1.84. The van der Waals surface area contributed by atoms with Gasteiger partial charge in [-0.25, -0.2) is 14.4 Å². The highest BCUT2D eigenvalue weighted by atomic mass is 19.1. The predicted octanol–water partition coefficient (Wildman–Crippen LogP) is 5.17. The van der Waals surface area contributed by atoms with E-state index in [-0.39, 0.29) is 5.82 Å². The molecule has 0 spiro atoms. The Labute approximate surface area is 177 Å². The molecule has 151 valence electrons. The van der Waals surface area contributed by atoms with E-state index in [0.29, 0.717) is 34.5 Å². The monoisotopic (exact) mass is 410 g/mol. The van der Waals surface area contributed by atoms with Crippen molar-refractivity contribution in [3.05, 3.63) is 72.4 Å². The largest absolute Gasteiger partial charge is 0.435 e. The number of oxazole rings is 1. The molecule has 6 nitrogen and oxygen atoms in total. The quantitative estimate of drug-likeness (QED) is 0.409. The van der Waals surface area contributed by atoms with Crippen LogP contribution >= 0.6 is 0 Å². The van der Waals surface area contributed by atoms with Gasteiger partial charge in [-0.2, -0.15) is 0 Å². The smallest absolute Gasteiger partial charge is 0.246 e. The normalized spacial score (nSPS) is 13.7. The second kappa shape index (κ2) is 6.84. The van der Waals surface area contributed by atoms with Crippen LogP contribution in [0.1, 0.15) is 24.5 Å². The first-order valence-electron chi connectivity index (χ1n) is 10.1. The molecular weight excluding hydrogens is 393 g/mol. The van der Waals surface area contributed by atoms with Gasteiger partial charge >= 0.3 is 0 Å². The van der Waals surface area contributed by atoms with Crippen molar-refractivity contribution in [3.8, 4) is 34.1 Å². The molecular formula is C24H17FN5O. The summed E-state index contributed by atoms with van der Waals surface area (Å²) in [6.45, 7) is 0. The fourth-order valence-corrected chi connectivity index (χ4v) is 3.81. The average Bonchev–Trinajstić information content (AvgIpc) is 3.40. The standard InChI is InChI=1S/C24H17FN5O/c1-30-13-26-29-23(30)18-12-16(25)8-9-17(18)15-10-20(14-6-7-14)27-21(11-15)24-28-19-4-2-3-5-22(19)31-24/h3-5,8-14H,6-7H2,1H3. The second-order valence-electron chi connectivity index (χ2n) is 7.81. The first-order valence-corrected chi connectivity index (χ1v) is 10.1. The van der Waals surface area contributed by atoms with E-state index < -0.39 is 0 Å². The van der Waals surface area contributed by atoms with Crippen LogP contribution in [-0.4, -0.2) is 24.7 Å². The van der Waals surface area contributed by atoms with E-state index in [1.165, 1.54) is 12.1 Å². The van der Waals surface area contributed by atoms with Crippen molar-refractivity contribution in [2.24, 2.45) is 7.05 Å². The number of halogens is 1. The van der Waals surface area contributed by atoms with Crippen LogP contribution in [0.2, 0.25) is 0 Å². The summed E-state index contributed by atoms with van der Waals surface area (Å²) in [5, 5.41) is 8.15. The number of hydrogen-bond donors (Lipinski definition) is 0. The molecule has 1 saturated carbocycles. The molecule has 31 heavy (non-hydrogen) atoms. The van der Waals surface area contributed by atoms with Crippen molar-refractivity contribution < 1.29 is 8.81 Å². The lowest BCUT2D eigenvalue weighted by Crippen LogP contribution is -1.97. The van der Waals surface area contributed by atoms with Crippen molar-refractivity contribution in [1.29, 1.82) is 0 Å². The van der Waals surface area contributed by atoms with Gasteiger partial charge in [-0.1, -0.05) is 12.1 Å². The van der Waals surface area contributed by atoms with Crippen LogP contribution < -0.4 is 0 Å². The van der Waals surface area contributed by atoms with Crippen LogP contribution in [0.3, 0.4) is 0 Å². The van der Waals surface area contributed by atoms with Crippen LogP contribution in [-0.2, 0) is 7.05 Å². The number of aryl methyl sites for hydroxylation is 1. The molecule has 2 aromatic carbocycles. The van der Waals surface area contributed by atoms with Gasteiger partial charge < -0.3 is 8.98 Å². The van der Waals surface area contributed by atoms with E-state index >= 15 is 0 Å². The Balaban J connectivity index is 1.56. The third kappa shape index (κ3) is 3.18. The molecule has 3 heterocycles. The zero-order valence-corrected chi connectivity index (χ0v) is 16.7. The highest BCUT2D eigenvalue weighted by Gasteiger charge is 2.27. The number of nitrogens with zero attached hydrogens (tertiary/aromatic N) is 5. The molecule has 1 radical (unpaired) electrons. The lowest BCUT2D eigenvalue weighted by molar-refractivity contribution is 0.616. The third-order valence-corrected chi connectivity index (χ3v) is 5.54. The number of fused-ring (bicyclic) bond motifs is 1. The van der Waals surface area contributed by atoms with Crippen LogP contribution in [0, 0.1) is 11.9 Å². The van der Waals surface area contributed by atoms with Gasteiger partial charge in [-0.15, -0.1) is 10.2 Å². The van der Waals surface area contributed by atoms with E-state index in [9.17, 15) is 4.39 Å². The van der Waals surface area contributed by atoms with Gasteiger partial charge in [0.2, 0.25) is 5.89 Å². The Morgan fingerprint density at radius 2 is 2.00 bits per heavy atom. The third-order valence-electron chi connectivity index (χ3n) is 5.54. The van der Waals surface area contributed by atoms with E-state index in [1.807, 2.05) is 19.2 Å². The van der Waals surface area contributed by atoms with Crippen molar-refractivity contribution in [1.82, 2.24) is 24.7 Å². The summed E-state index contributed by atoms with van der Waals surface area (Å²) in [5.74, 6) is 1.16. The molecule has 0 atom stereocenters. The van der Waals surface area contributed by atoms with Crippen molar-refractivity contribution >= 4 is 11.1 Å². The minimum Gasteiger partial charge on any atom is -0.435 e. The van der Waals surface area contributed by atoms with Crippen LogP contribution in [0.15, 0.2) is 59.3 Å². The number of rotatable bonds is 4. The SMILES string of the molecule is Cn1cnnc1-c1cc(F)ccc1-c1cc(-c2nc3c[c]ccc3o2)nc(C2CC2)c1. The fraction of sp³-hybridized carbons (Fsp3) is 0.167. The summed E-state index contributed by atoms with van der Waals surface area (Å²) in [6, 6.07) is 17.2. The van der Waals surface area contributed by atoms with Crippen molar-refractivity contribution in [2.45, 2.75) is 18.8 Å². The van der Waals surface area contributed by atoms with E-state index in [2.05, 4.69) is 27.3 Å². The summed E-state index contributed by atoms with van der Waals surface area (Å²) >= 11 is 0. The second-order valence-corrected chi connectivity index (χ2v) is 7.81. The Morgan fingerprint density at radius 1 is 1.10 bits per heavy atom. The fourth-order valence-electron chi connectivity index (χ4n) is 3.81. The summed E-state index contributed by atoms with van der Waals surface area (Å²) in [5.41, 5.74) is 5.52. The molecule has 6 rings (SSSR count). The molecule has 1 aliphatic rings. The van der Waals surface area contributed by atoms with Gasteiger partial charge in [0.15, 0.2) is 11.4 Å². The topological polar surface area (TPSA) is 69.6 Å². The molecule has 1 fully saturated rings. The minimum absolute atomic E-state index is 0.325. The first kappa shape index (κ1) is 17.9. The van der Waals surface area contributed by atoms with Gasteiger partial charge in [-0.05, 0) is 66.4 Å². The summed E-state index contributed by atoms with van der Waals surface area (Å²) in [4.78, 5) is 9.43. The predicted molar refractivity (Wildman–Crippen MR) is 113 cm³/mol. The van der Waals surface area contributed by atoms with Gasteiger partial charge in [0.25, 0.3) is 0 Å². The number of benzene rings is 2. The Bertz CT molecular complexity index is 1400. The maximum atomic E-state index is 14.2. The molecule has 0 N–H and O–H groups in total. The molecule has 3 aromatic heterocycles. The van der Waals surface area contributed by atoms with Crippen LogP contribution in [0.5, 0.6) is 0 Å². The van der Waals surface area contributed by atoms with Crippen molar-refractivity contribution in [2.75, 3.05) is 0 Å². The van der Waals surface area contributed by atoms with Gasteiger partial charge in [-0.3, -0.25) is 0 Å². The summed E-state index contributed by atoms with van der Waals surface area (Å²) < 4.78 is 21.9. The number of pyridine rings is 1. The number of aromatic nitrogens is 5. The van der Waals surface area contributed by atoms with Gasteiger partial charge in [0, 0.05) is 24.2 Å². The zero-order valence-electron chi connectivity index (χ0n) is 16.7. The molecule has 5 aromatic rings. The van der Waals surface area contributed by atoms with E-state index in [0.717, 1.165) is 35.2 Å². The molecule has 0 amide bonds. The maximum Gasteiger partial charge on any atom is 0.246 e. The molecule has 7 heteroatoms. The van der Waals surface area contributed by atoms with Crippen molar-refractivity contribution in [3.63, 3.8) is 0 Å². The Morgan fingerprint density at radius 3 is 2.77 bits per heavy atom. The minimum atomic E-state index is -0.325. The highest BCUT2D eigenvalue weighted by molar-refractivity contribution is 5.83. The molecule has 0 saturated heterocycles. The molecule has 0 bridgehead atoms. The van der Waals surface area contributed by atoms with Gasteiger partial charge in [0.05, 0.1) is 0 Å². The summed E-state index contributed by atoms with van der Waals surface area (Å²) in [6.07, 6.45) is 3.82. The Kier molecular flexibility index (Phi) is 3.96. The molecule has 0 unspecified atom stereocenters. The van der Waals surface area contributed by atoms with E-state index in [4.69, 9.17) is 9.40 Å². The van der Waals surface area contributed by atoms with Crippen LogP contribution in [0.4, 0.5) is 4.39 Å². The average molecular weight is 410 g/mol. The maximum absolute atomic E-state index is 14.2. The highest BCUT2D eigenvalue weighted by Crippen LogP contribution is 2.42. The molecule has 1 aliphatic carbocycles. The Hall–Kier alpha value is -3.87. The molecule has 0 aliphatic heterocycles. The van der Waals surface area contributed by atoms with E-state index in [1.54, 1.807) is 29.1 Å².